The summed E-state index contributed by atoms with van der Waals surface area (Å²) in [6.07, 6.45) is 10.6. The fourth-order valence-corrected chi connectivity index (χ4v) is 3.05. The van der Waals surface area contributed by atoms with Crippen LogP contribution in [0.4, 0.5) is 4.79 Å². The first kappa shape index (κ1) is 18.1. The summed E-state index contributed by atoms with van der Waals surface area (Å²) in [5.74, 6) is 0. The molecular formula is C17H32N2O2. The number of nitrogens with zero attached hydrogens (tertiary/aromatic N) is 2. The number of hydrogen-bond acceptors (Lipinski definition) is 2. The standard InChI is InChI=1S/C17H32N2O2/c1-4-6-8-9-10-12-17(3,11-7-5-2)19-13-15(14-20)18-16(19)21/h20H,4-14H2,1-3H3. The first-order valence-electron chi connectivity index (χ1n) is 8.56. The van der Waals surface area contributed by atoms with Gasteiger partial charge in [0.15, 0.2) is 0 Å². The van der Waals surface area contributed by atoms with Gasteiger partial charge in [0.2, 0.25) is 0 Å². The molecule has 122 valence electrons. The number of aliphatic hydroxyl groups is 1. The van der Waals surface area contributed by atoms with Crippen molar-refractivity contribution in [2.45, 2.75) is 84.1 Å². The van der Waals surface area contributed by atoms with Crippen molar-refractivity contribution >= 4 is 11.7 Å². The first-order chi connectivity index (χ1) is 10.1. The van der Waals surface area contributed by atoms with Gasteiger partial charge in [0.05, 0.1) is 18.9 Å². The van der Waals surface area contributed by atoms with E-state index in [2.05, 4.69) is 25.8 Å². The van der Waals surface area contributed by atoms with Crippen molar-refractivity contribution in [3.05, 3.63) is 0 Å². The van der Waals surface area contributed by atoms with E-state index in [1.54, 1.807) is 0 Å². The second-order valence-corrected chi connectivity index (χ2v) is 6.47. The predicted molar refractivity (Wildman–Crippen MR) is 87.9 cm³/mol. The quantitative estimate of drug-likeness (QED) is 0.582. The number of carbonyl (C=O) groups is 1. The highest BCUT2D eigenvalue weighted by Gasteiger charge is 2.38. The van der Waals surface area contributed by atoms with Gasteiger partial charge in [-0.1, -0.05) is 58.8 Å². The van der Waals surface area contributed by atoms with Gasteiger partial charge in [0, 0.05) is 5.54 Å². The lowest BCUT2D eigenvalue weighted by Crippen LogP contribution is -2.48. The third-order valence-corrected chi connectivity index (χ3v) is 4.55. The number of aliphatic imine (C=N–C) groups is 1. The number of hydrogen-bond donors (Lipinski definition) is 1. The molecule has 0 aromatic carbocycles. The molecule has 0 aliphatic carbocycles. The Morgan fingerprint density at radius 2 is 1.71 bits per heavy atom. The zero-order valence-corrected chi connectivity index (χ0v) is 14.0. The van der Waals surface area contributed by atoms with Gasteiger partial charge in [-0.3, -0.25) is 0 Å². The van der Waals surface area contributed by atoms with E-state index in [1.165, 1.54) is 32.1 Å². The Morgan fingerprint density at radius 1 is 1.10 bits per heavy atom. The van der Waals surface area contributed by atoms with Crippen LogP contribution in [0.2, 0.25) is 0 Å². The smallest absolute Gasteiger partial charge is 0.344 e. The molecule has 1 N–H and O–H groups in total. The van der Waals surface area contributed by atoms with Crippen molar-refractivity contribution in [1.82, 2.24) is 4.90 Å². The van der Waals surface area contributed by atoms with Crippen molar-refractivity contribution in [3.8, 4) is 0 Å². The summed E-state index contributed by atoms with van der Waals surface area (Å²) in [6.45, 7) is 6.99. The fourth-order valence-electron chi connectivity index (χ4n) is 3.05. The molecule has 0 aromatic rings. The predicted octanol–water partition coefficient (Wildman–Crippen LogP) is 4.16. The molecule has 4 nitrogen and oxygen atoms in total. The average Bonchev–Trinajstić information content (AvgIpc) is 2.87. The van der Waals surface area contributed by atoms with E-state index < -0.39 is 0 Å². The summed E-state index contributed by atoms with van der Waals surface area (Å²) in [6, 6.07) is -0.161. The van der Waals surface area contributed by atoms with E-state index in [9.17, 15) is 9.90 Å². The third-order valence-electron chi connectivity index (χ3n) is 4.55. The lowest BCUT2D eigenvalue weighted by Gasteiger charge is -2.38. The van der Waals surface area contributed by atoms with E-state index in [1.807, 2.05) is 4.90 Å². The minimum atomic E-state index is -0.161. The van der Waals surface area contributed by atoms with Gasteiger partial charge in [0.1, 0.15) is 0 Å². The van der Waals surface area contributed by atoms with Gasteiger partial charge in [0.25, 0.3) is 0 Å². The van der Waals surface area contributed by atoms with Gasteiger partial charge >= 0.3 is 6.03 Å². The van der Waals surface area contributed by atoms with Crippen LogP contribution in [0.3, 0.4) is 0 Å². The summed E-state index contributed by atoms with van der Waals surface area (Å²) in [4.78, 5) is 18.0. The maximum atomic E-state index is 12.1. The van der Waals surface area contributed by atoms with Crippen molar-refractivity contribution in [2.75, 3.05) is 13.2 Å². The van der Waals surface area contributed by atoms with E-state index in [0.29, 0.717) is 12.3 Å². The molecule has 1 unspecified atom stereocenters. The SMILES string of the molecule is CCCCCCCC(C)(CCCC)N1CC(CO)=NC1=O. The lowest BCUT2D eigenvalue weighted by molar-refractivity contribution is 0.129. The van der Waals surface area contributed by atoms with Crippen LogP contribution in [0.25, 0.3) is 0 Å². The molecule has 0 saturated carbocycles. The monoisotopic (exact) mass is 296 g/mol. The summed E-state index contributed by atoms with van der Waals surface area (Å²) < 4.78 is 0. The zero-order chi connectivity index (χ0) is 15.7. The number of urea groups is 1. The fraction of sp³-hybridized carbons (Fsp3) is 0.882. The van der Waals surface area contributed by atoms with E-state index in [4.69, 9.17) is 0 Å². The molecule has 1 aliphatic heterocycles. The molecule has 2 amide bonds. The van der Waals surface area contributed by atoms with Gasteiger partial charge in [-0.2, -0.15) is 4.99 Å². The van der Waals surface area contributed by atoms with Crippen LogP contribution in [-0.4, -0.2) is 40.4 Å². The average molecular weight is 296 g/mol. The third kappa shape index (κ3) is 5.42. The minimum Gasteiger partial charge on any atom is -0.390 e. The van der Waals surface area contributed by atoms with Gasteiger partial charge in [-0.15, -0.1) is 0 Å². The molecule has 0 aromatic heterocycles. The molecule has 0 spiro atoms. The van der Waals surface area contributed by atoms with E-state index >= 15 is 0 Å². The molecule has 21 heavy (non-hydrogen) atoms. The molecule has 0 fully saturated rings. The molecule has 1 rings (SSSR count). The maximum absolute atomic E-state index is 12.1. The van der Waals surface area contributed by atoms with Crippen molar-refractivity contribution in [2.24, 2.45) is 4.99 Å². The van der Waals surface area contributed by atoms with Gasteiger partial charge in [-0.05, 0) is 19.8 Å². The maximum Gasteiger partial charge on any atom is 0.344 e. The van der Waals surface area contributed by atoms with E-state index in [0.717, 1.165) is 25.7 Å². The Morgan fingerprint density at radius 3 is 2.29 bits per heavy atom. The zero-order valence-electron chi connectivity index (χ0n) is 14.0. The highest BCUT2D eigenvalue weighted by Crippen LogP contribution is 2.31. The number of unbranched alkanes of at least 4 members (excludes halogenated alkanes) is 5. The molecule has 4 heteroatoms. The van der Waals surface area contributed by atoms with Crippen molar-refractivity contribution < 1.29 is 9.90 Å². The molecular weight excluding hydrogens is 264 g/mol. The van der Waals surface area contributed by atoms with Gasteiger partial charge in [-0.25, -0.2) is 4.79 Å². The first-order valence-corrected chi connectivity index (χ1v) is 8.56. The van der Waals surface area contributed by atoms with Crippen LogP contribution >= 0.6 is 0 Å². The normalized spacial score (nSPS) is 18.0. The van der Waals surface area contributed by atoms with Crippen LogP contribution < -0.4 is 0 Å². The minimum absolute atomic E-state index is 0.109. The summed E-state index contributed by atoms with van der Waals surface area (Å²) in [5.41, 5.74) is 0.494. The second-order valence-electron chi connectivity index (χ2n) is 6.47. The Hall–Kier alpha value is -0.900. The van der Waals surface area contributed by atoms with Crippen LogP contribution in [0, 0.1) is 0 Å². The van der Waals surface area contributed by atoms with Crippen molar-refractivity contribution in [3.63, 3.8) is 0 Å². The molecule has 1 atom stereocenters. The van der Waals surface area contributed by atoms with E-state index in [-0.39, 0.29) is 18.2 Å². The molecule has 0 radical (unpaired) electrons. The molecule has 0 saturated heterocycles. The Bertz CT molecular complexity index is 355. The van der Waals surface area contributed by atoms with Crippen LogP contribution in [0.15, 0.2) is 4.99 Å². The molecule has 1 heterocycles. The highest BCUT2D eigenvalue weighted by atomic mass is 16.3. The second kappa shape index (κ2) is 9.19. The Balaban J connectivity index is 2.59. The Labute approximate surface area is 129 Å². The largest absolute Gasteiger partial charge is 0.390 e. The summed E-state index contributed by atoms with van der Waals surface area (Å²) in [5, 5.41) is 9.21. The molecule has 0 bridgehead atoms. The van der Waals surface area contributed by atoms with Crippen LogP contribution in [0.5, 0.6) is 0 Å². The lowest BCUT2D eigenvalue weighted by atomic mass is 9.87. The van der Waals surface area contributed by atoms with Crippen LogP contribution in [0.1, 0.15) is 78.6 Å². The summed E-state index contributed by atoms with van der Waals surface area (Å²) in [7, 11) is 0. The number of rotatable bonds is 11. The van der Waals surface area contributed by atoms with Crippen molar-refractivity contribution in [1.29, 1.82) is 0 Å². The van der Waals surface area contributed by atoms with Crippen LogP contribution in [-0.2, 0) is 0 Å². The number of aliphatic hydroxyl groups excluding tert-OH is 1. The topological polar surface area (TPSA) is 52.9 Å². The van der Waals surface area contributed by atoms with Gasteiger partial charge < -0.3 is 10.0 Å². The highest BCUT2D eigenvalue weighted by molar-refractivity contribution is 6.03. The number of amides is 2. The Kier molecular flexibility index (Phi) is 7.94. The molecule has 1 aliphatic rings. The number of carbonyl (C=O) groups excluding carboxylic acids is 1. The summed E-state index contributed by atoms with van der Waals surface area (Å²) >= 11 is 0.